The van der Waals surface area contributed by atoms with Gasteiger partial charge in [0.05, 0.1) is 4.90 Å². The standard InChI is InChI=1S/C19H27N3O3S/c1-22(2)26(24,25)17-5-3-16(4-6-17)20-19(23)21-18-14-8-12-7-13(10-14)11-15(18)9-12/h3-6,12-15,18H,7-11H2,1-2H3,(H2,20,21,23). The zero-order valence-corrected chi connectivity index (χ0v) is 16.1. The van der Waals surface area contributed by atoms with Crippen molar-refractivity contribution < 1.29 is 13.2 Å². The fourth-order valence-electron chi connectivity index (χ4n) is 5.40. The van der Waals surface area contributed by atoms with Gasteiger partial charge in [-0.15, -0.1) is 0 Å². The van der Waals surface area contributed by atoms with Crippen LogP contribution in [0.25, 0.3) is 0 Å². The molecule has 2 N–H and O–H groups in total. The summed E-state index contributed by atoms with van der Waals surface area (Å²) in [6.07, 6.45) is 6.43. The van der Waals surface area contributed by atoms with E-state index in [4.69, 9.17) is 0 Å². The van der Waals surface area contributed by atoms with Crippen LogP contribution in [0.5, 0.6) is 0 Å². The fraction of sp³-hybridized carbons (Fsp3) is 0.632. The molecule has 26 heavy (non-hydrogen) atoms. The van der Waals surface area contributed by atoms with Gasteiger partial charge >= 0.3 is 6.03 Å². The van der Waals surface area contributed by atoms with Gasteiger partial charge in [-0.25, -0.2) is 17.5 Å². The molecule has 0 radical (unpaired) electrons. The van der Waals surface area contributed by atoms with Gasteiger partial charge in [0, 0.05) is 25.8 Å². The number of hydrogen-bond donors (Lipinski definition) is 2. The first kappa shape index (κ1) is 17.8. The highest BCUT2D eigenvalue weighted by Crippen LogP contribution is 2.53. The zero-order valence-electron chi connectivity index (χ0n) is 15.3. The Kier molecular flexibility index (Phi) is 4.47. The minimum Gasteiger partial charge on any atom is -0.335 e. The highest BCUT2D eigenvalue weighted by atomic mass is 32.2. The van der Waals surface area contributed by atoms with Crippen LogP contribution in [0, 0.1) is 23.7 Å². The lowest BCUT2D eigenvalue weighted by Gasteiger charge is -2.54. The molecule has 0 atom stereocenters. The predicted molar refractivity (Wildman–Crippen MR) is 100 cm³/mol. The second kappa shape index (κ2) is 6.53. The first-order valence-corrected chi connectivity index (χ1v) is 10.9. The Hall–Kier alpha value is -1.60. The van der Waals surface area contributed by atoms with E-state index in [9.17, 15) is 13.2 Å². The van der Waals surface area contributed by atoms with Gasteiger partial charge in [0.1, 0.15) is 0 Å². The summed E-state index contributed by atoms with van der Waals surface area (Å²) in [6, 6.07) is 6.41. The molecule has 2 amide bonds. The van der Waals surface area contributed by atoms with Crippen LogP contribution in [0.15, 0.2) is 29.2 Å². The lowest BCUT2D eigenvalue weighted by Crippen LogP contribution is -2.56. The van der Waals surface area contributed by atoms with E-state index >= 15 is 0 Å². The van der Waals surface area contributed by atoms with E-state index in [2.05, 4.69) is 10.6 Å². The highest BCUT2D eigenvalue weighted by Gasteiger charge is 2.48. The maximum atomic E-state index is 12.4. The van der Waals surface area contributed by atoms with Crippen LogP contribution in [0.4, 0.5) is 10.5 Å². The lowest BCUT2D eigenvalue weighted by atomic mass is 9.54. The van der Waals surface area contributed by atoms with Gasteiger partial charge < -0.3 is 10.6 Å². The van der Waals surface area contributed by atoms with E-state index < -0.39 is 10.0 Å². The van der Waals surface area contributed by atoms with Gasteiger partial charge in [0.15, 0.2) is 0 Å². The molecule has 7 heteroatoms. The molecule has 4 fully saturated rings. The summed E-state index contributed by atoms with van der Waals surface area (Å²) in [5, 5.41) is 6.05. The van der Waals surface area contributed by atoms with Gasteiger partial charge in [0.25, 0.3) is 0 Å². The van der Waals surface area contributed by atoms with Crippen molar-refractivity contribution in [3.63, 3.8) is 0 Å². The third-order valence-electron chi connectivity index (χ3n) is 6.42. The first-order valence-electron chi connectivity index (χ1n) is 9.43. The van der Waals surface area contributed by atoms with Crippen molar-refractivity contribution in [2.45, 2.75) is 43.0 Å². The number of carbonyl (C=O) groups excluding carboxylic acids is 1. The number of nitrogens with one attached hydrogen (secondary N) is 2. The number of amides is 2. The quantitative estimate of drug-likeness (QED) is 0.847. The molecule has 4 saturated carbocycles. The molecule has 0 spiro atoms. The van der Waals surface area contributed by atoms with Crippen molar-refractivity contribution in [2.75, 3.05) is 19.4 Å². The molecular weight excluding hydrogens is 350 g/mol. The molecule has 1 aromatic rings. The van der Waals surface area contributed by atoms with Gasteiger partial charge in [0.2, 0.25) is 10.0 Å². The Bertz CT molecular complexity index is 761. The van der Waals surface area contributed by atoms with Crippen molar-refractivity contribution in [3.8, 4) is 0 Å². The van der Waals surface area contributed by atoms with E-state index in [1.807, 2.05) is 0 Å². The average molecular weight is 378 g/mol. The molecule has 6 nitrogen and oxygen atoms in total. The third kappa shape index (κ3) is 3.22. The Morgan fingerprint density at radius 3 is 2.00 bits per heavy atom. The number of rotatable bonds is 4. The summed E-state index contributed by atoms with van der Waals surface area (Å²) in [6.45, 7) is 0. The number of sulfonamides is 1. The Labute approximate surface area is 155 Å². The van der Waals surface area contributed by atoms with Crippen LogP contribution in [0.2, 0.25) is 0 Å². The van der Waals surface area contributed by atoms with Crippen molar-refractivity contribution in [1.82, 2.24) is 9.62 Å². The Morgan fingerprint density at radius 2 is 1.50 bits per heavy atom. The molecule has 0 aromatic heterocycles. The van der Waals surface area contributed by atoms with Gasteiger partial charge in [-0.2, -0.15) is 0 Å². The topological polar surface area (TPSA) is 78.5 Å². The van der Waals surface area contributed by atoms with Crippen LogP contribution in [0.1, 0.15) is 32.1 Å². The molecule has 0 aliphatic heterocycles. The maximum Gasteiger partial charge on any atom is 0.319 e. The molecule has 0 unspecified atom stereocenters. The number of hydrogen-bond acceptors (Lipinski definition) is 3. The Balaban J connectivity index is 1.38. The second-order valence-electron chi connectivity index (χ2n) is 8.37. The highest BCUT2D eigenvalue weighted by molar-refractivity contribution is 7.89. The summed E-state index contributed by atoms with van der Waals surface area (Å²) >= 11 is 0. The summed E-state index contributed by atoms with van der Waals surface area (Å²) in [4.78, 5) is 12.7. The smallest absolute Gasteiger partial charge is 0.319 e. The monoisotopic (exact) mass is 377 g/mol. The number of carbonyl (C=O) groups is 1. The number of nitrogens with zero attached hydrogens (tertiary/aromatic N) is 1. The van der Waals surface area contributed by atoms with Crippen LogP contribution in [0.3, 0.4) is 0 Å². The van der Waals surface area contributed by atoms with Crippen LogP contribution in [-0.2, 0) is 10.0 Å². The molecule has 4 aliphatic rings. The summed E-state index contributed by atoms with van der Waals surface area (Å²) < 4.78 is 25.4. The number of benzene rings is 1. The number of urea groups is 1. The molecular formula is C19H27N3O3S. The summed E-state index contributed by atoms with van der Waals surface area (Å²) in [5.41, 5.74) is 0.601. The van der Waals surface area contributed by atoms with Crippen molar-refractivity contribution in [3.05, 3.63) is 24.3 Å². The molecule has 0 heterocycles. The van der Waals surface area contributed by atoms with Crippen LogP contribution >= 0.6 is 0 Å². The van der Waals surface area contributed by atoms with Crippen LogP contribution in [-0.4, -0.2) is 38.9 Å². The Morgan fingerprint density at radius 1 is 0.962 bits per heavy atom. The van der Waals surface area contributed by atoms with Crippen molar-refractivity contribution >= 4 is 21.7 Å². The largest absolute Gasteiger partial charge is 0.335 e. The van der Waals surface area contributed by atoms with E-state index in [-0.39, 0.29) is 17.0 Å². The van der Waals surface area contributed by atoms with Crippen molar-refractivity contribution in [2.24, 2.45) is 23.7 Å². The molecule has 5 rings (SSSR count). The summed E-state index contributed by atoms with van der Waals surface area (Å²) in [5.74, 6) is 3.02. The first-order chi connectivity index (χ1) is 12.3. The zero-order chi connectivity index (χ0) is 18.5. The van der Waals surface area contributed by atoms with E-state index in [1.54, 1.807) is 12.1 Å². The van der Waals surface area contributed by atoms with Gasteiger partial charge in [-0.1, -0.05) is 0 Å². The predicted octanol–water partition coefficient (Wildman–Crippen LogP) is 2.88. The second-order valence-corrected chi connectivity index (χ2v) is 10.5. The van der Waals surface area contributed by atoms with Crippen LogP contribution < -0.4 is 10.6 Å². The fourth-order valence-corrected chi connectivity index (χ4v) is 6.30. The summed E-state index contributed by atoms with van der Waals surface area (Å²) in [7, 11) is -0.451. The minimum atomic E-state index is -3.45. The molecule has 4 aliphatic carbocycles. The lowest BCUT2D eigenvalue weighted by molar-refractivity contribution is -0.00883. The molecule has 0 saturated heterocycles. The third-order valence-corrected chi connectivity index (χ3v) is 8.24. The van der Waals surface area contributed by atoms with Crippen molar-refractivity contribution in [1.29, 1.82) is 0 Å². The van der Waals surface area contributed by atoms with E-state index in [0.29, 0.717) is 17.5 Å². The maximum absolute atomic E-state index is 12.4. The minimum absolute atomic E-state index is 0.189. The van der Waals surface area contributed by atoms with E-state index in [0.717, 1.165) is 11.8 Å². The SMILES string of the molecule is CN(C)S(=O)(=O)c1ccc(NC(=O)NC2C3CC4CC(C3)CC2C4)cc1. The number of anilines is 1. The molecule has 1 aromatic carbocycles. The van der Waals surface area contributed by atoms with E-state index in [1.165, 1.54) is 62.6 Å². The molecule has 142 valence electrons. The normalized spacial score (nSPS) is 32.7. The van der Waals surface area contributed by atoms with Gasteiger partial charge in [-0.05, 0) is 80.0 Å². The van der Waals surface area contributed by atoms with Gasteiger partial charge in [-0.3, -0.25) is 0 Å². The molecule has 4 bridgehead atoms. The average Bonchev–Trinajstić information content (AvgIpc) is 2.58.